The molecular formula is C27H28F3N5O3. The summed E-state index contributed by atoms with van der Waals surface area (Å²) in [6, 6.07) is 5.46. The fraction of sp³-hybridized carbons (Fsp3) is 0.333. The minimum Gasteiger partial charge on any atom is -0.350 e. The van der Waals surface area contributed by atoms with Crippen molar-refractivity contribution in [1.82, 2.24) is 25.4 Å². The second-order valence-electron chi connectivity index (χ2n) is 9.43. The maximum Gasteiger partial charge on any atom is 0.416 e. The number of carbonyl (C=O) groups excluding carboxylic acids is 3. The number of hydrogen-bond donors (Lipinski definition) is 2. The van der Waals surface area contributed by atoms with Crippen LogP contribution >= 0.6 is 0 Å². The van der Waals surface area contributed by atoms with Gasteiger partial charge in [-0.1, -0.05) is 44.2 Å². The standard InChI is InChI=1S/C27H28F3N5O3/c1-4-12-34-20-15-35(23(16(2)3)24(36)32-14-17-8-7-11-31-13-17)25(37)21(20)22(33-26(34)38)18-9-5-6-10-19(18)27(28,29)30/h4-11,13,16,22-23H,1,12,14-15H2,2-3H3,(H,32,36)(H,33,38)/t22-,23+/m0/s1. The molecule has 2 atom stereocenters. The number of pyridine rings is 1. The second-order valence-corrected chi connectivity index (χ2v) is 9.43. The first-order valence-electron chi connectivity index (χ1n) is 12.1. The van der Waals surface area contributed by atoms with Gasteiger partial charge in [-0.05, 0) is 29.2 Å². The van der Waals surface area contributed by atoms with Crippen LogP contribution in [0.4, 0.5) is 18.0 Å². The number of urea groups is 1. The van der Waals surface area contributed by atoms with Crippen LogP contribution in [0.3, 0.4) is 0 Å². The van der Waals surface area contributed by atoms with E-state index in [-0.39, 0.29) is 42.4 Å². The highest BCUT2D eigenvalue weighted by Crippen LogP contribution is 2.42. The SMILES string of the molecule is C=CCN1C(=O)N[C@@H](c2ccccc2C(F)(F)F)C2=C1CN([C@@H](C(=O)NCc1cccnc1)C(C)C)C2=O. The van der Waals surface area contributed by atoms with Crippen LogP contribution < -0.4 is 10.6 Å². The minimum absolute atomic E-state index is 0.00820. The highest BCUT2D eigenvalue weighted by Gasteiger charge is 2.49. The van der Waals surface area contributed by atoms with Crippen molar-refractivity contribution in [3.8, 4) is 0 Å². The molecule has 200 valence electrons. The number of amides is 4. The molecule has 11 heteroatoms. The van der Waals surface area contributed by atoms with Gasteiger partial charge in [0.1, 0.15) is 6.04 Å². The Morgan fingerprint density at radius 1 is 1.24 bits per heavy atom. The Labute approximate surface area is 218 Å². The van der Waals surface area contributed by atoms with E-state index in [4.69, 9.17) is 0 Å². The average molecular weight is 528 g/mol. The monoisotopic (exact) mass is 527 g/mol. The number of rotatable bonds is 8. The molecule has 38 heavy (non-hydrogen) atoms. The molecule has 8 nitrogen and oxygen atoms in total. The van der Waals surface area contributed by atoms with Crippen molar-refractivity contribution < 1.29 is 27.6 Å². The first-order chi connectivity index (χ1) is 18.0. The van der Waals surface area contributed by atoms with E-state index in [2.05, 4.69) is 22.2 Å². The third-order valence-corrected chi connectivity index (χ3v) is 6.56. The molecule has 0 radical (unpaired) electrons. The smallest absolute Gasteiger partial charge is 0.350 e. The third-order valence-electron chi connectivity index (χ3n) is 6.56. The van der Waals surface area contributed by atoms with Gasteiger partial charge in [-0.15, -0.1) is 6.58 Å². The van der Waals surface area contributed by atoms with E-state index in [1.54, 1.807) is 38.4 Å². The van der Waals surface area contributed by atoms with Crippen LogP contribution in [0, 0.1) is 5.92 Å². The third kappa shape index (κ3) is 5.13. The second kappa shape index (κ2) is 10.7. The number of nitrogens with zero attached hydrogens (tertiary/aromatic N) is 3. The van der Waals surface area contributed by atoms with Crippen molar-refractivity contribution in [2.24, 2.45) is 5.92 Å². The quantitative estimate of drug-likeness (QED) is 0.511. The van der Waals surface area contributed by atoms with Crippen LogP contribution in [0.2, 0.25) is 0 Å². The zero-order chi connectivity index (χ0) is 27.6. The van der Waals surface area contributed by atoms with Crippen LogP contribution in [0.15, 0.2) is 72.7 Å². The molecule has 4 rings (SSSR count). The Balaban J connectivity index is 1.71. The van der Waals surface area contributed by atoms with Crippen LogP contribution in [-0.2, 0) is 22.3 Å². The van der Waals surface area contributed by atoms with Crippen LogP contribution in [0.25, 0.3) is 0 Å². The molecule has 0 aliphatic carbocycles. The number of hydrogen-bond acceptors (Lipinski definition) is 4. The Kier molecular flexibility index (Phi) is 7.56. The van der Waals surface area contributed by atoms with Gasteiger partial charge in [0, 0.05) is 25.5 Å². The number of aromatic nitrogens is 1. The molecule has 0 fully saturated rings. The minimum atomic E-state index is -4.70. The predicted molar refractivity (Wildman–Crippen MR) is 133 cm³/mol. The fourth-order valence-corrected chi connectivity index (χ4v) is 4.90. The molecular weight excluding hydrogens is 499 g/mol. The van der Waals surface area contributed by atoms with Gasteiger partial charge in [-0.25, -0.2) is 4.79 Å². The molecule has 0 saturated heterocycles. The molecule has 2 aliphatic heterocycles. The summed E-state index contributed by atoms with van der Waals surface area (Å²) >= 11 is 0. The normalized spacial score (nSPS) is 18.4. The van der Waals surface area contributed by atoms with E-state index >= 15 is 0 Å². The average Bonchev–Trinajstić information content (AvgIpc) is 3.20. The molecule has 4 amide bonds. The molecule has 3 heterocycles. The lowest BCUT2D eigenvalue weighted by molar-refractivity contribution is -0.139. The van der Waals surface area contributed by atoms with Gasteiger partial charge in [-0.3, -0.25) is 19.5 Å². The molecule has 2 aliphatic rings. The van der Waals surface area contributed by atoms with Gasteiger partial charge in [0.2, 0.25) is 5.91 Å². The van der Waals surface area contributed by atoms with E-state index in [9.17, 15) is 27.6 Å². The predicted octanol–water partition coefficient (Wildman–Crippen LogP) is 3.79. The molecule has 0 spiro atoms. The number of nitrogens with one attached hydrogen (secondary N) is 2. The lowest BCUT2D eigenvalue weighted by atomic mass is 9.91. The summed E-state index contributed by atoms with van der Waals surface area (Å²) in [6.45, 7) is 7.33. The summed E-state index contributed by atoms with van der Waals surface area (Å²) in [5, 5.41) is 5.40. The van der Waals surface area contributed by atoms with E-state index in [1.165, 1.54) is 34.1 Å². The van der Waals surface area contributed by atoms with Crippen molar-refractivity contribution in [2.45, 2.75) is 38.7 Å². The topological polar surface area (TPSA) is 94.6 Å². The van der Waals surface area contributed by atoms with Gasteiger partial charge in [0.05, 0.1) is 29.4 Å². The van der Waals surface area contributed by atoms with Gasteiger partial charge >= 0.3 is 12.2 Å². The van der Waals surface area contributed by atoms with Crippen LogP contribution in [0.1, 0.15) is 36.6 Å². The zero-order valence-electron chi connectivity index (χ0n) is 21.0. The first kappa shape index (κ1) is 26.9. The van der Waals surface area contributed by atoms with Crippen molar-refractivity contribution >= 4 is 17.8 Å². The van der Waals surface area contributed by atoms with Crippen LogP contribution in [-0.4, -0.2) is 51.8 Å². The van der Waals surface area contributed by atoms with Gasteiger partial charge in [0.25, 0.3) is 5.91 Å². The Hall–Kier alpha value is -4.15. The lowest BCUT2D eigenvalue weighted by Crippen LogP contribution is -2.51. The summed E-state index contributed by atoms with van der Waals surface area (Å²) in [5.41, 5.74) is -0.156. The van der Waals surface area contributed by atoms with E-state index in [0.717, 1.165) is 11.6 Å². The molecule has 0 saturated carbocycles. The lowest BCUT2D eigenvalue weighted by Gasteiger charge is -2.33. The van der Waals surface area contributed by atoms with Gasteiger partial charge in [-0.2, -0.15) is 13.2 Å². The van der Waals surface area contributed by atoms with Crippen molar-refractivity contribution in [3.63, 3.8) is 0 Å². The molecule has 2 aromatic rings. The molecule has 0 unspecified atom stereocenters. The van der Waals surface area contributed by atoms with Crippen molar-refractivity contribution in [1.29, 1.82) is 0 Å². The maximum atomic E-state index is 13.9. The summed E-state index contributed by atoms with van der Waals surface area (Å²) < 4.78 is 41.6. The summed E-state index contributed by atoms with van der Waals surface area (Å²) in [5.74, 6) is -1.35. The van der Waals surface area contributed by atoms with E-state index in [1.807, 2.05) is 0 Å². The highest BCUT2D eigenvalue weighted by molar-refractivity contribution is 6.03. The molecule has 2 N–H and O–H groups in total. The highest BCUT2D eigenvalue weighted by atomic mass is 19.4. The Bertz CT molecular complexity index is 1280. The Morgan fingerprint density at radius 3 is 2.61 bits per heavy atom. The number of alkyl halides is 3. The molecule has 0 bridgehead atoms. The largest absolute Gasteiger partial charge is 0.416 e. The molecule has 1 aromatic carbocycles. The first-order valence-corrected chi connectivity index (χ1v) is 12.1. The summed E-state index contributed by atoms with van der Waals surface area (Å²) in [7, 11) is 0. The summed E-state index contributed by atoms with van der Waals surface area (Å²) in [6.07, 6.45) is -0.0196. The number of benzene rings is 1. The fourth-order valence-electron chi connectivity index (χ4n) is 4.90. The summed E-state index contributed by atoms with van der Waals surface area (Å²) in [4.78, 5) is 46.8. The Morgan fingerprint density at radius 2 is 1.97 bits per heavy atom. The molecule has 1 aromatic heterocycles. The van der Waals surface area contributed by atoms with Crippen LogP contribution in [0.5, 0.6) is 0 Å². The zero-order valence-corrected chi connectivity index (χ0v) is 21.0. The van der Waals surface area contributed by atoms with Crippen molar-refractivity contribution in [3.05, 3.63) is 89.4 Å². The number of halogens is 3. The number of carbonyl (C=O) groups is 3. The van der Waals surface area contributed by atoms with Gasteiger partial charge in [0.15, 0.2) is 0 Å². The van der Waals surface area contributed by atoms with Gasteiger partial charge < -0.3 is 15.5 Å². The van der Waals surface area contributed by atoms with E-state index < -0.39 is 41.7 Å². The maximum absolute atomic E-state index is 13.9. The van der Waals surface area contributed by atoms with Crippen molar-refractivity contribution in [2.75, 3.05) is 13.1 Å². The van der Waals surface area contributed by atoms with E-state index in [0.29, 0.717) is 0 Å².